The third kappa shape index (κ3) is 2.06. The highest BCUT2D eigenvalue weighted by Gasteiger charge is 2.21. The third-order valence-electron chi connectivity index (χ3n) is 2.12. The van der Waals surface area contributed by atoms with Gasteiger partial charge in [0.05, 0.1) is 6.54 Å². The lowest BCUT2D eigenvalue weighted by atomic mass is 10.0. The van der Waals surface area contributed by atoms with E-state index in [4.69, 9.17) is 6.42 Å². The van der Waals surface area contributed by atoms with Crippen LogP contribution in [0.2, 0.25) is 0 Å². The van der Waals surface area contributed by atoms with Crippen LogP contribution in [0.5, 0.6) is 0 Å². The maximum absolute atomic E-state index is 10.9. The van der Waals surface area contributed by atoms with Crippen molar-refractivity contribution in [2.75, 3.05) is 13.1 Å². The molecule has 0 saturated carbocycles. The Bertz CT molecular complexity index is 192. The number of terminal acetylenes is 1. The molecule has 1 fully saturated rings. The highest BCUT2D eigenvalue weighted by atomic mass is 16.1. The molecule has 1 rings (SSSR count). The van der Waals surface area contributed by atoms with E-state index in [1.165, 1.54) is 0 Å². The smallest absolute Gasteiger partial charge is 0.135 e. The summed E-state index contributed by atoms with van der Waals surface area (Å²) in [7, 11) is 0. The van der Waals surface area contributed by atoms with E-state index in [1.807, 2.05) is 0 Å². The van der Waals surface area contributed by atoms with Gasteiger partial charge in [-0.2, -0.15) is 0 Å². The molecule has 0 aliphatic carbocycles. The van der Waals surface area contributed by atoms with Crippen LogP contribution in [0.3, 0.4) is 0 Å². The molecule has 1 heterocycles. The maximum atomic E-state index is 10.9. The van der Waals surface area contributed by atoms with E-state index in [0.29, 0.717) is 31.2 Å². The van der Waals surface area contributed by atoms with Crippen LogP contribution in [0.4, 0.5) is 0 Å². The SMILES string of the molecule is C#CCN1CCC(=O)CC1C. The standard InChI is InChI=1S/C9H13NO/c1-3-5-10-6-4-9(11)7-8(10)2/h1,8H,4-7H2,2H3. The molecule has 1 atom stereocenters. The van der Waals surface area contributed by atoms with Gasteiger partial charge >= 0.3 is 0 Å². The molecule has 0 aromatic heterocycles. The molecular formula is C9H13NO. The molecule has 60 valence electrons. The Balaban J connectivity index is 2.45. The number of piperidine rings is 1. The summed E-state index contributed by atoms with van der Waals surface area (Å²) in [6.07, 6.45) is 6.52. The van der Waals surface area contributed by atoms with Crippen molar-refractivity contribution in [3.8, 4) is 12.3 Å². The van der Waals surface area contributed by atoms with E-state index >= 15 is 0 Å². The number of hydrogen-bond donors (Lipinski definition) is 0. The summed E-state index contributed by atoms with van der Waals surface area (Å²) in [6, 6.07) is 0.340. The quantitative estimate of drug-likeness (QED) is 0.513. The third-order valence-corrected chi connectivity index (χ3v) is 2.12. The van der Waals surface area contributed by atoms with Crippen LogP contribution in [-0.2, 0) is 4.79 Å². The second-order valence-electron chi connectivity index (χ2n) is 3.02. The van der Waals surface area contributed by atoms with Gasteiger partial charge in [-0.15, -0.1) is 6.42 Å². The zero-order valence-corrected chi connectivity index (χ0v) is 6.84. The van der Waals surface area contributed by atoms with Crippen molar-refractivity contribution >= 4 is 5.78 Å². The molecule has 2 nitrogen and oxygen atoms in total. The predicted octanol–water partition coefficient (Wildman–Crippen LogP) is 0.673. The number of rotatable bonds is 1. The highest BCUT2D eigenvalue weighted by molar-refractivity contribution is 5.79. The summed E-state index contributed by atoms with van der Waals surface area (Å²) in [5.41, 5.74) is 0. The number of carbonyl (C=O) groups is 1. The largest absolute Gasteiger partial charge is 0.300 e. The molecule has 1 aliphatic rings. The van der Waals surface area contributed by atoms with Crippen molar-refractivity contribution in [2.24, 2.45) is 0 Å². The molecule has 0 aromatic rings. The normalized spacial score (nSPS) is 26.5. The fraction of sp³-hybridized carbons (Fsp3) is 0.667. The zero-order chi connectivity index (χ0) is 8.27. The van der Waals surface area contributed by atoms with Crippen molar-refractivity contribution in [2.45, 2.75) is 25.8 Å². The van der Waals surface area contributed by atoms with E-state index in [2.05, 4.69) is 17.7 Å². The first kappa shape index (κ1) is 8.29. The molecule has 0 amide bonds. The lowest BCUT2D eigenvalue weighted by molar-refractivity contribution is -0.122. The fourth-order valence-corrected chi connectivity index (χ4v) is 1.40. The fourth-order valence-electron chi connectivity index (χ4n) is 1.40. The van der Waals surface area contributed by atoms with Crippen molar-refractivity contribution in [3.05, 3.63) is 0 Å². The number of nitrogens with zero attached hydrogens (tertiary/aromatic N) is 1. The van der Waals surface area contributed by atoms with Crippen LogP contribution < -0.4 is 0 Å². The molecule has 1 unspecified atom stereocenters. The highest BCUT2D eigenvalue weighted by Crippen LogP contribution is 2.12. The van der Waals surface area contributed by atoms with Crippen LogP contribution in [-0.4, -0.2) is 29.8 Å². The first-order valence-corrected chi connectivity index (χ1v) is 3.93. The molecule has 2 heteroatoms. The van der Waals surface area contributed by atoms with Crippen LogP contribution in [0.15, 0.2) is 0 Å². The van der Waals surface area contributed by atoms with Gasteiger partial charge in [-0.1, -0.05) is 5.92 Å². The van der Waals surface area contributed by atoms with Gasteiger partial charge in [-0.3, -0.25) is 9.69 Å². The van der Waals surface area contributed by atoms with Crippen molar-refractivity contribution in [3.63, 3.8) is 0 Å². The summed E-state index contributed by atoms with van der Waals surface area (Å²) in [5.74, 6) is 2.96. The molecular weight excluding hydrogens is 138 g/mol. The minimum absolute atomic E-state index is 0.340. The van der Waals surface area contributed by atoms with Crippen LogP contribution in [0.1, 0.15) is 19.8 Å². The number of likely N-dealkylation sites (tertiary alicyclic amines) is 1. The number of Topliss-reactive ketones (excluding diaryl/α,β-unsaturated/α-hetero) is 1. The Morgan fingerprint density at radius 2 is 2.55 bits per heavy atom. The van der Waals surface area contributed by atoms with Crippen molar-refractivity contribution in [1.82, 2.24) is 4.90 Å². The van der Waals surface area contributed by atoms with E-state index in [0.717, 1.165) is 6.54 Å². The minimum atomic E-state index is 0.340. The molecule has 0 radical (unpaired) electrons. The van der Waals surface area contributed by atoms with E-state index in [1.54, 1.807) is 0 Å². The van der Waals surface area contributed by atoms with Gasteiger partial charge in [0.2, 0.25) is 0 Å². The summed E-state index contributed by atoms with van der Waals surface area (Å²) < 4.78 is 0. The lowest BCUT2D eigenvalue weighted by Crippen LogP contribution is -2.41. The van der Waals surface area contributed by atoms with Gasteiger partial charge in [0.1, 0.15) is 5.78 Å². The maximum Gasteiger partial charge on any atom is 0.135 e. The molecule has 0 N–H and O–H groups in total. The van der Waals surface area contributed by atoms with Gasteiger partial charge in [0.15, 0.2) is 0 Å². The Morgan fingerprint density at radius 3 is 3.09 bits per heavy atom. The molecule has 0 spiro atoms. The summed E-state index contributed by atoms with van der Waals surface area (Å²) in [5, 5.41) is 0. The second-order valence-corrected chi connectivity index (χ2v) is 3.02. The number of hydrogen-bond acceptors (Lipinski definition) is 2. The monoisotopic (exact) mass is 151 g/mol. The van der Waals surface area contributed by atoms with Gasteiger partial charge < -0.3 is 0 Å². The van der Waals surface area contributed by atoms with Crippen molar-refractivity contribution in [1.29, 1.82) is 0 Å². The van der Waals surface area contributed by atoms with Crippen LogP contribution >= 0.6 is 0 Å². The Kier molecular flexibility index (Phi) is 2.67. The second kappa shape index (κ2) is 3.54. The lowest BCUT2D eigenvalue weighted by Gasteiger charge is -2.30. The van der Waals surface area contributed by atoms with Crippen LogP contribution in [0, 0.1) is 12.3 Å². The minimum Gasteiger partial charge on any atom is -0.300 e. The average molecular weight is 151 g/mol. The predicted molar refractivity (Wildman–Crippen MR) is 44.1 cm³/mol. The molecule has 0 aromatic carbocycles. The molecule has 11 heavy (non-hydrogen) atoms. The van der Waals surface area contributed by atoms with Gasteiger partial charge in [-0.05, 0) is 6.92 Å². The van der Waals surface area contributed by atoms with Gasteiger partial charge in [0.25, 0.3) is 0 Å². The zero-order valence-electron chi connectivity index (χ0n) is 6.84. The van der Waals surface area contributed by atoms with Gasteiger partial charge in [-0.25, -0.2) is 0 Å². The summed E-state index contributed by atoms with van der Waals surface area (Å²) in [6.45, 7) is 3.56. The first-order chi connectivity index (χ1) is 5.24. The topological polar surface area (TPSA) is 20.3 Å². The van der Waals surface area contributed by atoms with Crippen molar-refractivity contribution < 1.29 is 4.79 Å². The number of ketones is 1. The molecule has 0 bridgehead atoms. The summed E-state index contributed by atoms with van der Waals surface area (Å²) in [4.78, 5) is 13.1. The summed E-state index contributed by atoms with van der Waals surface area (Å²) >= 11 is 0. The Morgan fingerprint density at radius 1 is 1.82 bits per heavy atom. The molecule has 1 saturated heterocycles. The van der Waals surface area contributed by atoms with Crippen LogP contribution in [0.25, 0.3) is 0 Å². The van der Waals surface area contributed by atoms with Gasteiger partial charge in [0, 0.05) is 25.4 Å². The number of carbonyl (C=O) groups excluding carboxylic acids is 1. The molecule has 1 aliphatic heterocycles. The Labute approximate surface area is 67.6 Å². The first-order valence-electron chi connectivity index (χ1n) is 3.93. The van der Waals surface area contributed by atoms with E-state index < -0.39 is 0 Å². The van der Waals surface area contributed by atoms with E-state index in [-0.39, 0.29) is 0 Å². The Hall–Kier alpha value is -0.810. The van der Waals surface area contributed by atoms with E-state index in [9.17, 15) is 4.79 Å². The average Bonchev–Trinajstić information content (AvgIpc) is 1.95.